The molecule has 58 valence electrons. The molecule has 1 aliphatic rings. The van der Waals surface area contributed by atoms with E-state index in [1.165, 1.54) is 0 Å². The maximum Gasteiger partial charge on any atom is 0.0519 e. The normalized spacial score (nSPS) is 45.7. The molecular weight excluding hydrogens is 122 g/mol. The van der Waals surface area contributed by atoms with Gasteiger partial charge in [-0.05, 0) is 19.9 Å². The van der Waals surface area contributed by atoms with E-state index in [1.807, 2.05) is 0 Å². The van der Waals surface area contributed by atoms with Crippen molar-refractivity contribution >= 4 is 0 Å². The molecule has 0 bridgehead atoms. The summed E-state index contributed by atoms with van der Waals surface area (Å²) in [6.45, 7) is 10.6. The molecule has 0 aromatic carbocycles. The molecule has 1 saturated heterocycles. The third kappa shape index (κ3) is 0.807. The van der Waals surface area contributed by atoms with Gasteiger partial charge in [-0.25, -0.2) is 0 Å². The molecule has 1 rings (SSSR count). The Labute approximate surface area is 63.7 Å². The van der Waals surface area contributed by atoms with Crippen molar-refractivity contribution in [1.29, 1.82) is 0 Å². The largest absolute Gasteiger partial charge is 0.291 e. The van der Waals surface area contributed by atoms with Crippen LogP contribution in [0.5, 0.6) is 0 Å². The van der Waals surface area contributed by atoms with Gasteiger partial charge in [-0.1, -0.05) is 19.9 Å². The molecular formula is C9H17N. The summed E-state index contributed by atoms with van der Waals surface area (Å²) in [4.78, 5) is 2.37. The van der Waals surface area contributed by atoms with Gasteiger partial charge in [0.05, 0.1) is 5.54 Å². The molecule has 1 aliphatic heterocycles. The third-order valence-corrected chi connectivity index (χ3v) is 2.75. The molecule has 1 fully saturated rings. The maximum absolute atomic E-state index is 3.84. The van der Waals surface area contributed by atoms with Gasteiger partial charge in [0.1, 0.15) is 0 Å². The van der Waals surface area contributed by atoms with Crippen LogP contribution < -0.4 is 0 Å². The lowest BCUT2D eigenvalue weighted by Gasteiger charge is -2.02. The van der Waals surface area contributed by atoms with E-state index in [2.05, 4.69) is 45.4 Å². The van der Waals surface area contributed by atoms with Gasteiger partial charge in [0.25, 0.3) is 0 Å². The fraction of sp³-hybridized carbons (Fsp3) is 0.778. The van der Waals surface area contributed by atoms with Crippen molar-refractivity contribution in [2.24, 2.45) is 5.92 Å². The zero-order valence-corrected chi connectivity index (χ0v) is 7.39. The SMILES string of the molecule is C=CC1(C)C(C(C)C)N1C. The van der Waals surface area contributed by atoms with Crippen molar-refractivity contribution in [2.75, 3.05) is 7.05 Å². The van der Waals surface area contributed by atoms with Crippen molar-refractivity contribution in [3.63, 3.8) is 0 Å². The van der Waals surface area contributed by atoms with Crippen molar-refractivity contribution in [3.8, 4) is 0 Å². The first-order valence-electron chi connectivity index (χ1n) is 3.90. The van der Waals surface area contributed by atoms with E-state index in [9.17, 15) is 0 Å². The van der Waals surface area contributed by atoms with Crippen LogP contribution in [-0.2, 0) is 0 Å². The summed E-state index contributed by atoms with van der Waals surface area (Å²) in [6.07, 6.45) is 2.05. The van der Waals surface area contributed by atoms with Crippen LogP contribution in [0.2, 0.25) is 0 Å². The highest BCUT2D eigenvalue weighted by atomic mass is 15.4. The summed E-state index contributed by atoms with van der Waals surface area (Å²) in [7, 11) is 2.16. The van der Waals surface area contributed by atoms with Gasteiger partial charge in [-0.3, -0.25) is 4.90 Å². The molecule has 0 spiro atoms. The van der Waals surface area contributed by atoms with E-state index in [1.54, 1.807) is 0 Å². The van der Waals surface area contributed by atoms with E-state index in [0.717, 1.165) is 5.92 Å². The zero-order valence-electron chi connectivity index (χ0n) is 7.39. The molecule has 0 aromatic rings. The van der Waals surface area contributed by atoms with Crippen LogP contribution in [-0.4, -0.2) is 23.5 Å². The lowest BCUT2D eigenvalue weighted by molar-refractivity contribution is 0.499. The van der Waals surface area contributed by atoms with Gasteiger partial charge in [0.2, 0.25) is 0 Å². The average Bonchev–Trinajstić information content (AvgIpc) is 2.38. The number of nitrogens with zero attached hydrogens (tertiary/aromatic N) is 1. The molecule has 0 N–H and O–H groups in total. The second-order valence-electron chi connectivity index (χ2n) is 3.73. The summed E-state index contributed by atoms with van der Waals surface area (Å²) in [5, 5.41) is 0. The zero-order chi connectivity index (χ0) is 7.94. The van der Waals surface area contributed by atoms with Crippen molar-refractivity contribution in [3.05, 3.63) is 12.7 Å². The summed E-state index contributed by atoms with van der Waals surface area (Å²) in [5.41, 5.74) is 0.286. The Morgan fingerprint density at radius 3 is 2.20 bits per heavy atom. The molecule has 0 saturated carbocycles. The Bertz CT molecular complexity index is 151. The Hall–Kier alpha value is -0.300. The van der Waals surface area contributed by atoms with Crippen LogP contribution in [0, 0.1) is 5.92 Å². The quantitative estimate of drug-likeness (QED) is 0.417. The molecule has 1 heteroatoms. The third-order valence-electron chi connectivity index (χ3n) is 2.75. The number of likely N-dealkylation sites (N-methyl/N-ethyl adjacent to an activating group) is 1. The predicted molar refractivity (Wildman–Crippen MR) is 45.0 cm³/mol. The van der Waals surface area contributed by atoms with Gasteiger partial charge in [0.15, 0.2) is 0 Å². The number of hydrogen-bond acceptors (Lipinski definition) is 1. The van der Waals surface area contributed by atoms with E-state index >= 15 is 0 Å². The van der Waals surface area contributed by atoms with Crippen LogP contribution in [0.1, 0.15) is 20.8 Å². The fourth-order valence-electron chi connectivity index (χ4n) is 1.99. The molecule has 3 unspecified atom stereocenters. The van der Waals surface area contributed by atoms with Crippen LogP contribution in [0.25, 0.3) is 0 Å². The molecule has 10 heavy (non-hydrogen) atoms. The first-order valence-corrected chi connectivity index (χ1v) is 3.90. The van der Waals surface area contributed by atoms with E-state index in [-0.39, 0.29) is 5.54 Å². The van der Waals surface area contributed by atoms with Crippen molar-refractivity contribution in [2.45, 2.75) is 32.4 Å². The van der Waals surface area contributed by atoms with Crippen LogP contribution in [0.3, 0.4) is 0 Å². The van der Waals surface area contributed by atoms with Crippen molar-refractivity contribution < 1.29 is 0 Å². The lowest BCUT2D eigenvalue weighted by atomic mass is 9.99. The number of rotatable bonds is 2. The van der Waals surface area contributed by atoms with Crippen LogP contribution in [0.4, 0.5) is 0 Å². The standard InChI is InChI=1S/C9H17N/c1-6-9(4)8(7(2)3)10(9)5/h6-8H,1H2,2-5H3. The van der Waals surface area contributed by atoms with Gasteiger partial charge in [-0.15, -0.1) is 6.58 Å². The Balaban J connectivity index is 2.64. The average molecular weight is 139 g/mol. The van der Waals surface area contributed by atoms with Crippen molar-refractivity contribution in [1.82, 2.24) is 4.90 Å². The monoisotopic (exact) mass is 139 g/mol. The molecule has 0 radical (unpaired) electrons. The molecule has 1 nitrogen and oxygen atoms in total. The first kappa shape index (κ1) is 7.80. The second-order valence-corrected chi connectivity index (χ2v) is 3.73. The highest BCUT2D eigenvalue weighted by molar-refractivity contribution is 5.22. The minimum Gasteiger partial charge on any atom is -0.291 e. The fourth-order valence-corrected chi connectivity index (χ4v) is 1.99. The minimum absolute atomic E-state index is 0.286. The summed E-state index contributed by atoms with van der Waals surface area (Å²) in [5.74, 6) is 0.744. The highest BCUT2D eigenvalue weighted by Crippen LogP contribution is 2.43. The predicted octanol–water partition coefficient (Wildman–Crippen LogP) is 1.90. The Kier molecular flexibility index (Phi) is 1.63. The molecule has 0 aromatic heterocycles. The molecule has 1 heterocycles. The minimum atomic E-state index is 0.286. The van der Waals surface area contributed by atoms with E-state index in [4.69, 9.17) is 0 Å². The van der Waals surface area contributed by atoms with E-state index in [0.29, 0.717) is 6.04 Å². The number of hydrogen-bond donors (Lipinski definition) is 0. The van der Waals surface area contributed by atoms with E-state index < -0.39 is 0 Å². The molecule has 3 atom stereocenters. The van der Waals surface area contributed by atoms with Crippen LogP contribution in [0.15, 0.2) is 12.7 Å². The second kappa shape index (κ2) is 2.09. The van der Waals surface area contributed by atoms with Gasteiger partial charge in [0, 0.05) is 6.04 Å². The topological polar surface area (TPSA) is 3.01 Å². The summed E-state index contributed by atoms with van der Waals surface area (Å²) >= 11 is 0. The van der Waals surface area contributed by atoms with Gasteiger partial charge >= 0.3 is 0 Å². The Morgan fingerprint density at radius 1 is 1.60 bits per heavy atom. The first-order chi connectivity index (χ1) is 4.54. The summed E-state index contributed by atoms with van der Waals surface area (Å²) < 4.78 is 0. The smallest absolute Gasteiger partial charge is 0.0519 e. The van der Waals surface area contributed by atoms with Gasteiger partial charge in [-0.2, -0.15) is 0 Å². The lowest BCUT2D eigenvalue weighted by Crippen LogP contribution is -2.10. The van der Waals surface area contributed by atoms with Crippen LogP contribution >= 0.6 is 0 Å². The Morgan fingerprint density at radius 2 is 2.10 bits per heavy atom. The highest BCUT2D eigenvalue weighted by Gasteiger charge is 2.55. The summed E-state index contributed by atoms with van der Waals surface area (Å²) in [6, 6.07) is 0.713. The molecule has 0 amide bonds. The maximum atomic E-state index is 3.84. The molecule has 0 aliphatic carbocycles. The van der Waals surface area contributed by atoms with Gasteiger partial charge < -0.3 is 0 Å².